The topological polar surface area (TPSA) is 0 Å². The second kappa shape index (κ2) is 3.97. The maximum atomic E-state index is 4.02. The third-order valence-corrected chi connectivity index (χ3v) is 2.95. The third kappa shape index (κ3) is 1.67. The van der Waals surface area contributed by atoms with Gasteiger partial charge in [-0.1, -0.05) is 43.0 Å². The summed E-state index contributed by atoms with van der Waals surface area (Å²) in [7, 11) is 0. The van der Waals surface area contributed by atoms with Crippen molar-refractivity contribution in [1.29, 1.82) is 0 Å². The van der Waals surface area contributed by atoms with E-state index in [0.29, 0.717) is 0 Å². The summed E-state index contributed by atoms with van der Waals surface area (Å²) in [6.45, 7) is 12.1. The van der Waals surface area contributed by atoms with Crippen LogP contribution < -0.4 is 0 Å². The van der Waals surface area contributed by atoms with Crippen molar-refractivity contribution in [2.45, 2.75) is 13.8 Å². The van der Waals surface area contributed by atoms with E-state index in [4.69, 9.17) is 0 Å². The van der Waals surface area contributed by atoms with E-state index in [9.17, 15) is 0 Å². The van der Waals surface area contributed by atoms with Crippen LogP contribution in [0, 0.1) is 6.92 Å². The number of hydrogen-bond acceptors (Lipinski definition) is 0. The van der Waals surface area contributed by atoms with Crippen LogP contribution in [0.2, 0.25) is 0 Å². The first-order valence-corrected chi connectivity index (χ1v) is 5.45. The van der Waals surface area contributed by atoms with Gasteiger partial charge in [-0.25, -0.2) is 0 Å². The zero-order valence-electron chi connectivity index (χ0n) is 9.88. The largest absolute Gasteiger partial charge is 0.0984 e. The van der Waals surface area contributed by atoms with Crippen LogP contribution in [-0.4, -0.2) is 0 Å². The molecule has 80 valence electrons. The average molecular weight is 208 g/mol. The predicted molar refractivity (Wildman–Crippen MR) is 73.5 cm³/mol. The molecule has 0 fully saturated rings. The van der Waals surface area contributed by atoms with Crippen LogP contribution in [0.15, 0.2) is 43.5 Å². The van der Waals surface area contributed by atoms with Crippen molar-refractivity contribution in [3.8, 4) is 0 Å². The fraction of sp³-hybridized carbons (Fsp3) is 0.125. The lowest BCUT2D eigenvalue weighted by atomic mass is 9.95. The van der Waals surface area contributed by atoms with Crippen molar-refractivity contribution < 1.29 is 0 Å². The van der Waals surface area contributed by atoms with E-state index in [2.05, 4.69) is 50.4 Å². The van der Waals surface area contributed by atoms with E-state index in [1.807, 2.05) is 13.0 Å². The maximum absolute atomic E-state index is 4.02. The van der Waals surface area contributed by atoms with Gasteiger partial charge in [0, 0.05) is 0 Å². The van der Waals surface area contributed by atoms with Gasteiger partial charge in [0.05, 0.1) is 0 Å². The molecule has 2 aromatic carbocycles. The van der Waals surface area contributed by atoms with Gasteiger partial charge < -0.3 is 0 Å². The molecular formula is C16H16. The molecule has 0 N–H and O–H groups in total. The van der Waals surface area contributed by atoms with Crippen molar-refractivity contribution in [2.24, 2.45) is 0 Å². The standard InChI is InChI=1S/C16H16/c1-5-13-9-16-12(4)7-6-8-14(16)10-15(13)11(2)3/h5-10H,1-2H2,3-4H3. The Morgan fingerprint density at radius 2 is 2.00 bits per heavy atom. The molecule has 2 aromatic rings. The highest BCUT2D eigenvalue weighted by Gasteiger charge is 2.04. The first kappa shape index (κ1) is 10.7. The highest BCUT2D eigenvalue weighted by Crippen LogP contribution is 2.27. The summed E-state index contributed by atoms with van der Waals surface area (Å²) in [6, 6.07) is 10.8. The monoisotopic (exact) mass is 208 g/mol. The molecular weight excluding hydrogens is 192 g/mol. The summed E-state index contributed by atoms with van der Waals surface area (Å²) >= 11 is 0. The molecule has 2 rings (SSSR count). The first-order chi connectivity index (χ1) is 7.63. The summed E-state index contributed by atoms with van der Waals surface area (Å²) in [5, 5.41) is 2.56. The second-order valence-electron chi connectivity index (χ2n) is 4.22. The Morgan fingerprint density at radius 3 is 2.62 bits per heavy atom. The van der Waals surface area contributed by atoms with Gasteiger partial charge in [-0.2, -0.15) is 0 Å². The fourth-order valence-electron chi connectivity index (χ4n) is 2.04. The molecule has 0 nitrogen and oxygen atoms in total. The number of allylic oxidation sites excluding steroid dienone is 1. The van der Waals surface area contributed by atoms with Crippen LogP contribution in [0.3, 0.4) is 0 Å². The van der Waals surface area contributed by atoms with Crippen molar-refractivity contribution in [3.63, 3.8) is 0 Å². The normalized spacial score (nSPS) is 10.4. The van der Waals surface area contributed by atoms with Gasteiger partial charge in [0.15, 0.2) is 0 Å². The molecule has 0 heterocycles. The van der Waals surface area contributed by atoms with Crippen LogP contribution in [0.4, 0.5) is 0 Å². The molecule has 0 aliphatic heterocycles. The molecule has 0 aliphatic rings. The molecule has 0 bridgehead atoms. The summed E-state index contributed by atoms with van der Waals surface area (Å²) in [6.07, 6.45) is 1.90. The van der Waals surface area contributed by atoms with Crippen LogP contribution in [-0.2, 0) is 0 Å². The summed E-state index contributed by atoms with van der Waals surface area (Å²) < 4.78 is 0. The SMILES string of the molecule is C=Cc1cc2c(C)cccc2cc1C(=C)C. The van der Waals surface area contributed by atoms with Crippen molar-refractivity contribution >= 4 is 22.4 Å². The Kier molecular flexibility index (Phi) is 2.66. The second-order valence-corrected chi connectivity index (χ2v) is 4.22. The molecule has 0 spiro atoms. The van der Waals surface area contributed by atoms with Crippen molar-refractivity contribution in [1.82, 2.24) is 0 Å². The van der Waals surface area contributed by atoms with Crippen molar-refractivity contribution in [2.75, 3.05) is 0 Å². The number of aryl methyl sites for hydroxylation is 1. The Hall–Kier alpha value is -1.82. The lowest BCUT2D eigenvalue weighted by Gasteiger charge is -2.09. The van der Waals surface area contributed by atoms with Crippen LogP contribution in [0.5, 0.6) is 0 Å². The summed E-state index contributed by atoms with van der Waals surface area (Å²) in [5.74, 6) is 0. The van der Waals surface area contributed by atoms with E-state index in [1.54, 1.807) is 0 Å². The number of rotatable bonds is 2. The summed E-state index contributed by atoms with van der Waals surface area (Å²) in [5.41, 5.74) is 4.73. The zero-order valence-corrected chi connectivity index (χ0v) is 9.88. The van der Waals surface area contributed by atoms with Crippen LogP contribution in [0.25, 0.3) is 22.4 Å². The Balaban J connectivity index is 2.85. The Bertz CT molecular complexity index is 574. The van der Waals surface area contributed by atoms with E-state index in [1.165, 1.54) is 21.9 Å². The van der Waals surface area contributed by atoms with Crippen molar-refractivity contribution in [3.05, 3.63) is 60.2 Å². The predicted octanol–water partition coefficient (Wildman–Crippen LogP) is 4.82. The van der Waals surface area contributed by atoms with Gasteiger partial charge in [0.1, 0.15) is 0 Å². The zero-order chi connectivity index (χ0) is 11.7. The minimum absolute atomic E-state index is 1.08. The highest BCUT2D eigenvalue weighted by atomic mass is 14.1. The van der Waals surface area contributed by atoms with E-state index < -0.39 is 0 Å². The number of hydrogen-bond donors (Lipinski definition) is 0. The highest BCUT2D eigenvalue weighted by molar-refractivity contribution is 5.91. The Morgan fingerprint density at radius 1 is 1.25 bits per heavy atom. The van der Waals surface area contributed by atoms with Gasteiger partial charge >= 0.3 is 0 Å². The molecule has 0 saturated carbocycles. The number of benzene rings is 2. The van der Waals surface area contributed by atoms with Gasteiger partial charge in [-0.15, -0.1) is 0 Å². The molecule has 0 saturated heterocycles. The van der Waals surface area contributed by atoms with E-state index in [0.717, 1.165) is 11.1 Å². The molecule has 0 heteroatoms. The minimum Gasteiger partial charge on any atom is -0.0984 e. The van der Waals surface area contributed by atoms with Gasteiger partial charge in [0.2, 0.25) is 0 Å². The first-order valence-electron chi connectivity index (χ1n) is 5.45. The average Bonchev–Trinajstić information content (AvgIpc) is 2.28. The molecule has 0 aromatic heterocycles. The third-order valence-electron chi connectivity index (χ3n) is 2.95. The lowest BCUT2D eigenvalue weighted by Crippen LogP contribution is -1.87. The van der Waals surface area contributed by atoms with Gasteiger partial charge in [-0.05, 0) is 53.4 Å². The smallest absolute Gasteiger partial charge is 0.0148 e. The molecule has 0 radical (unpaired) electrons. The van der Waals surface area contributed by atoms with Crippen LogP contribution >= 0.6 is 0 Å². The number of fused-ring (bicyclic) bond motifs is 1. The maximum Gasteiger partial charge on any atom is -0.0148 e. The summed E-state index contributed by atoms with van der Waals surface area (Å²) in [4.78, 5) is 0. The van der Waals surface area contributed by atoms with E-state index >= 15 is 0 Å². The van der Waals surface area contributed by atoms with Gasteiger partial charge in [0.25, 0.3) is 0 Å². The van der Waals surface area contributed by atoms with E-state index in [-0.39, 0.29) is 0 Å². The minimum atomic E-state index is 1.08. The van der Waals surface area contributed by atoms with Crippen LogP contribution in [0.1, 0.15) is 23.6 Å². The fourth-order valence-corrected chi connectivity index (χ4v) is 2.04. The Labute approximate surface area is 96.9 Å². The van der Waals surface area contributed by atoms with Gasteiger partial charge in [-0.3, -0.25) is 0 Å². The molecule has 0 atom stereocenters. The quantitative estimate of drug-likeness (QED) is 0.663. The molecule has 0 amide bonds. The molecule has 0 unspecified atom stereocenters. The molecule has 16 heavy (non-hydrogen) atoms. The molecule has 0 aliphatic carbocycles. The lowest BCUT2D eigenvalue weighted by molar-refractivity contribution is 1.51.